The Labute approximate surface area is 177 Å². The van der Waals surface area contributed by atoms with E-state index in [0.717, 1.165) is 41.5 Å². The average Bonchev–Trinajstić information content (AvgIpc) is 3.07. The van der Waals surface area contributed by atoms with Crippen LogP contribution in [0.2, 0.25) is 0 Å². The van der Waals surface area contributed by atoms with Crippen molar-refractivity contribution in [2.24, 2.45) is 0 Å². The van der Waals surface area contributed by atoms with Gasteiger partial charge in [-0.3, -0.25) is 4.79 Å². The van der Waals surface area contributed by atoms with E-state index in [1.54, 1.807) is 0 Å². The number of para-hydroxylation sites is 2. The molecule has 2 aromatic carbocycles. The molecule has 0 atom stereocenters. The normalized spacial score (nSPS) is 14.1. The van der Waals surface area contributed by atoms with Gasteiger partial charge in [-0.15, -0.1) is 0 Å². The van der Waals surface area contributed by atoms with Gasteiger partial charge in [0.25, 0.3) is 5.91 Å². The van der Waals surface area contributed by atoms with Gasteiger partial charge in [0.05, 0.1) is 22.8 Å². The fourth-order valence-corrected chi connectivity index (χ4v) is 4.04. The highest BCUT2D eigenvalue weighted by molar-refractivity contribution is 5.78. The van der Waals surface area contributed by atoms with Gasteiger partial charge in [0.1, 0.15) is 5.75 Å². The Morgan fingerprint density at radius 1 is 0.933 bits per heavy atom. The number of nitrogens with zero attached hydrogens (tertiary/aromatic N) is 4. The maximum atomic E-state index is 12.6. The summed E-state index contributed by atoms with van der Waals surface area (Å²) in [6, 6.07) is 18.0. The Kier molecular flexibility index (Phi) is 5.74. The van der Waals surface area contributed by atoms with E-state index in [2.05, 4.69) is 30.9 Å². The van der Waals surface area contributed by atoms with Crippen molar-refractivity contribution in [3.63, 3.8) is 0 Å². The number of anilines is 1. The van der Waals surface area contributed by atoms with Crippen LogP contribution in [-0.4, -0.2) is 53.4 Å². The molecular weight excluding hydrogens is 376 g/mol. The Morgan fingerprint density at radius 3 is 2.30 bits per heavy atom. The molecule has 1 fully saturated rings. The van der Waals surface area contributed by atoms with Gasteiger partial charge in [0, 0.05) is 26.2 Å². The van der Waals surface area contributed by atoms with Gasteiger partial charge < -0.3 is 14.5 Å². The van der Waals surface area contributed by atoms with Crippen LogP contribution < -0.4 is 9.64 Å². The largest absolute Gasteiger partial charge is 0.484 e. The van der Waals surface area contributed by atoms with Crippen LogP contribution in [0.4, 0.5) is 5.69 Å². The SMILES string of the molecule is Cc1ccccc1OCC(=O)N1CCN(c2c(C)nn(-c3ccccc3)c2C)CC1. The molecule has 0 unspecified atom stereocenters. The van der Waals surface area contributed by atoms with Gasteiger partial charge in [0.2, 0.25) is 0 Å². The molecule has 4 rings (SSSR count). The molecule has 1 saturated heterocycles. The fourth-order valence-electron chi connectivity index (χ4n) is 4.04. The number of carbonyl (C=O) groups excluding carboxylic acids is 1. The molecule has 0 spiro atoms. The molecule has 1 aliphatic rings. The molecule has 30 heavy (non-hydrogen) atoms. The summed E-state index contributed by atoms with van der Waals surface area (Å²) in [5, 5.41) is 4.76. The number of aryl methyl sites for hydroxylation is 2. The van der Waals surface area contributed by atoms with Gasteiger partial charge >= 0.3 is 0 Å². The lowest BCUT2D eigenvalue weighted by atomic mass is 10.2. The predicted octanol–water partition coefficient (Wildman–Crippen LogP) is 3.53. The summed E-state index contributed by atoms with van der Waals surface area (Å²) in [7, 11) is 0. The maximum Gasteiger partial charge on any atom is 0.260 e. The summed E-state index contributed by atoms with van der Waals surface area (Å²) in [5.74, 6) is 0.801. The highest BCUT2D eigenvalue weighted by atomic mass is 16.5. The van der Waals surface area contributed by atoms with Gasteiger partial charge in [-0.25, -0.2) is 4.68 Å². The van der Waals surface area contributed by atoms with Crippen molar-refractivity contribution in [3.05, 3.63) is 71.5 Å². The Bertz CT molecular complexity index is 1020. The number of rotatable bonds is 5. The summed E-state index contributed by atoms with van der Waals surface area (Å²) < 4.78 is 7.73. The monoisotopic (exact) mass is 404 g/mol. The van der Waals surface area contributed by atoms with E-state index in [1.807, 2.05) is 59.0 Å². The minimum absolute atomic E-state index is 0.0336. The zero-order valence-corrected chi connectivity index (χ0v) is 17.8. The number of carbonyl (C=O) groups is 1. The average molecular weight is 405 g/mol. The number of hydrogen-bond acceptors (Lipinski definition) is 4. The lowest BCUT2D eigenvalue weighted by Gasteiger charge is -2.36. The summed E-state index contributed by atoms with van der Waals surface area (Å²) in [5.41, 5.74) is 5.41. The molecule has 156 valence electrons. The van der Waals surface area contributed by atoms with Crippen molar-refractivity contribution in [1.82, 2.24) is 14.7 Å². The molecule has 1 amide bonds. The molecule has 1 aromatic heterocycles. The van der Waals surface area contributed by atoms with E-state index in [9.17, 15) is 4.79 Å². The topological polar surface area (TPSA) is 50.6 Å². The first-order chi connectivity index (χ1) is 14.5. The van der Waals surface area contributed by atoms with Crippen LogP contribution in [0.25, 0.3) is 5.69 Å². The van der Waals surface area contributed by atoms with Crippen molar-refractivity contribution in [1.29, 1.82) is 0 Å². The zero-order valence-electron chi connectivity index (χ0n) is 17.8. The fraction of sp³-hybridized carbons (Fsp3) is 0.333. The molecule has 0 bridgehead atoms. The molecule has 1 aliphatic heterocycles. The number of hydrogen-bond donors (Lipinski definition) is 0. The summed E-state index contributed by atoms with van der Waals surface area (Å²) in [6.45, 7) is 9.17. The standard InChI is InChI=1S/C24H28N4O2/c1-18-9-7-8-12-22(18)30-17-23(29)26-13-15-27(16-14-26)24-19(2)25-28(20(24)3)21-10-5-4-6-11-21/h4-12H,13-17H2,1-3H3. The molecule has 0 saturated carbocycles. The predicted molar refractivity (Wildman–Crippen MR) is 119 cm³/mol. The minimum atomic E-state index is 0.0336. The third-order valence-corrected chi connectivity index (χ3v) is 5.65. The van der Waals surface area contributed by atoms with Crippen LogP contribution >= 0.6 is 0 Å². The van der Waals surface area contributed by atoms with Crippen molar-refractivity contribution in [3.8, 4) is 11.4 Å². The molecule has 0 N–H and O–H groups in total. The van der Waals surface area contributed by atoms with E-state index >= 15 is 0 Å². The van der Waals surface area contributed by atoms with Crippen molar-refractivity contribution >= 4 is 11.6 Å². The molecule has 6 heteroatoms. The van der Waals surface area contributed by atoms with Crippen LogP contribution in [0, 0.1) is 20.8 Å². The van der Waals surface area contributed by atoms with E-state index < -0.39 is 0 Å². The molecule has 0 aliphatic carbocycles. The highest BCUT2D eigenvalue weighted by Gasteiger charge is 2.25. The van der Waals surface area contributed by atoms with Crippen molar-refractivity contribution < 1.29 is 9.53 Å². The van der Waals surface area contributed by atoms with Crippen molar-refractivity contribution in [2.75, 3.05) is 37.7 Å². The number of ether oxygens (including phenoxy) is 1. The summed E-state index contributed by atoms with van der Waals surface area (Å²) >= 11 is 0. The number of benzene rings is 2. The van der Waals surface area contributed by atoms with Crippen LogP contribution in [0.3, 0.4) is 0 Å². The number of aromatic nitrogens is 2. The van der Waals surface area contributed by atoms with E-state index in [-0.39, 0.29) is 12.5 Å². The first-order valence-corrected chi connectivity index (χ1v) is 10.4. The lowest BCUT2D eigenvalue weighted by molar-refractivity contribution is -0.133. The van der Waals surface area contributed by atoms with E-state index in [0.29, 0.717) is 13.1 Å². The minimum Gasteiger partial charge on any atom is -0.484 e. The first-order valence-electron chi connectivity index (χ1n) is 10.4. The van der Waals surface area contributed by atoms with E-state index in [4.69, 9.17) is 9.84 Å². The van der Waals surface area contributed by atoms with Crippen LogP contribution in [0.15, 0.2) is 54.6 Å². The number of piperazine rings is 1. The van der Waals surface area contributed by atoms with Gasteiger partial charge in [-0.2, -0.15) is 5.10 Å². The molecular formula is C24H28N4O2. The van der Waals surface area contributed by atoms with Crippen LogP contribution in [0.1, 0.15) is 17.0 Å². The smallest absolute Gasteiger partial charge is 0.260 e. The second-order valence-corrected chi connectivity index (χ2v) is 7.69. The van der Waals surface area contributed by atoms with E-state index in [1.165, 1.54) is 5.69 Å². The Hall–Kier alpha value is -3.28. The van der Waals surface area contributed by atoms with Crippen LogP contribution in [-0.2, 0) is 4.79 Å². The molecule has 0 radical (unpaired) electrons. The van der Waals surface area contributed by atoms with Gasteiger partial charge in [0.15, 0.2) is 6.61 Å². The first kappa shape index (κ1) is 20.0. The second kappa shape index (κ2) is 8.61. The Morgan fingerprint density at radius 2 is 1.60 bits per heavy atom. The molecule has 6 nitrogen and oxygen atoms in total. The summed E-state index contributed by atoms with van der Waals surface area (Å²) in [4.78, 5) is 16.8. The Balaban J connectivity index is 1.38. The lowest BCUT2D eigenvalue weighted by Crippen LogP contribution is -2.50. The highest BCUT2D eigenvalue weighted by Crippen LogP contribution is 2.27. The van der Waals surface area contributed by atoms with Crippen LogP contribution in [0.5, 0.6) is 5.75 Å². The summed E-state index contributed by atoms with van der Waals surface area (Å²) in [6.07, 6.45) is 0. The number of amides is 1. The van der Waals surface area contributed by atoms with Crippen molar-refractivity contribution in [2.45, 2.75) is 20.8 Å². The quantitative estimate of drug-likeness (QED) is 0.653. The van der Waals surface area contributed by atoms with Gasteiger partial charge in [-0.1, -0.05) is 36.4 Å². The maximum absolute atomic E-state index is 12.6. The second-order valence-electron chi connectivity index (χ2n) is 7.69. The molecule has 3 aromatic rings. The third kappa shape index (κ3) is 4.03. The molecule has 2 heterocycles. The zero-order chi connectivity index (χ0) is 21.1. The third-order valence-electron chi connectivity index (χ3n) is 5.65. The van der Waals surface area contributed by atoms with Gasteiger partial charge in [-0.05, 0) is 44.5 Å².